The number of rotatable bonds is 8. The van der Waals surface area contributed by atoms with Gasteiger partial charge in [0.25, 0.3) is 0 Å². The number of amides is 1. The van der Waals surface area contributed by atoms with Crippen molar-refractivity contribution < 1.29 is 18.7 Å². The second-order valence-corrected chi connectivity index (χ2v) is 9.55. The third kappa shape index (κ3) is 5.17. The second kappa shape index (κ2) is 10.8. The Bertz CT molecular complexity index is 1250. The van der Waals surface area contributed by atoms with Crippen molar-refractivity contribution >= 4 is 39.9 Å². The predicted octanol–water partition coefficient (Wildman–Crippen LogP) is 4.64. The Labute approximate surface area is 214 Å². The molecule has 3 aromatic rings. The van der Waals surface area contributed by atoms with Crippen molar-refractivity contribution in [3.05, 3.63) is 47.5 Å². The minimum atomic E-state index is -0.559. The highest BCUT2D eigenvalue weighted by molar-refractivity contribution is 6.31. The van der Waals surface area contributed by atoms with Crippen LogP contribution in [0.25, 0.3) is 10.9 Å². The quantitative estimate of drug-likeness (QED) is 0.470. The standard InChI is InChI=1S/C26H29ClFN5O3/c1-35-22-13-21-18(26(30-16-29-21)31-20-8-4-7-19(27)25(20)28)12-23(22)36-15-17-6-5-11-33(17)24(34)14-32-9-2-3-10-32/h4,7-8,12-13,16-17H,2-3,5-6,9-11,14-15H2,1H3,(H,29,30,31)/t17-/m0/s1. The lowest BCUT2D eigenvalue weighted by Gasteiger charge is -2.27. The Morgan fingerprint density at radius 3 is 2.81 bits per heavy atom. The number of ether oxygens (including phenoxy) is 2. The molecule has 190 valence electrons. The van der Waals surface area contributed by atoms with Crippen LogP contribution in [-0.4, -0.2) is 71.6 Å². The van der Waals surface area contributed by atoms with Crippen LogP contribution in [-0.2, 0) is 4.79 Å². The van der Waals surface area contributed by atoms with Gasteiger partial charge in [-0.25, -0.2) is 14.4 Å². The molecule has 2 fully saturated rings. The maximum absolute atomic E-state index is 14.5. The zero-order valence-corrected chi connectivity index (χ0v) is 20.9. The number of anilines is 2. The normalized spacial score (nSPS) is 18.1. The molecule has 0 aliphatic carbocycles. The summed E-state index contributed by atoms with van der Waals surface area (Å²) in [7, 11) is 1.57. The van der Waals surface area contributed by atoms with Crippen molar-refractivity contribution in [3.63, 3.8) is 0 Å². The number of benzene rings is 2. The summed E-state index contributed by atoms with van der Waals surface area (Å²) in [5.74, 6) is 1.05. The monoisotopic (exact) mass is 513 g/mol. The van der Waals surface area contributed by atoms with E-state index in [-0.39, 0.29) is 22.7 Å². The fraction of sp³-hybridized carbons (Fsp3) is 0.423. The number of carbonyl (C=O) groups is 1. The van der Waals surface area contributed by atoms with Crippen molar-refractivity contribution in [2.45, 2.75) is 31.7 Å². The van der Waals surface area contributed by atoms with Crippen LogP contribution >= 0.6 is 11.6 Å². The van der Waals surface area contributed by atoms with E-state index in [1.165, 1.54) is 12.4 Å². The molecule has 0 bridgehead atoms. The maximum atomic E-state index is 14.5. The molecule has 36 heavy (non-hydrogen) atoms. The first kappa shape index (κ1) is 24.5. The number of halogens is 2. The van der Waals surface area contributed by atoms with E-state index in [0.717, 1.165) is 45.3 Å². The van der Waals surface area contributed by atoms with Gasteiger partial charge < -0.3 is 19.7 Å². The molecule has 0 radical (unpaired) electrons. The Kier molecular flexibility index (Phi) is 7.38. The lowest BCUT2D eigenvalue weighted by Crippen LogP contribution is -2.44. The summed E-state index contributed by atoms with van der Waals surface area (Å²) in [6.07, 6.45) is 5.57. The largest absolute Gasteiger partial charge is 0.493 e. The summed E-state index contributed by atoms with van der Waals surface area (Å²) in [6, 6.07) is 8.28. The minimum Gasteiger partial charge on any atom is -0.493 e. The molecule has 10 heteroatoms. The summed E-state index contributed by atoms with van der Waals surface area (Å²) >= 11 is 5.93. The second-order valence-electron chi connectivity index (χ2n) is 9.15. The molecular formula is C26H29ClFN5O3. The topological polar surface area (TPSA) is 79.8 Å². The first-order valence-corrected chi connectivity index (χ1v) is 12.6. The molecule has 0 spiro atoms. The molecule has 0 unspecified atom stereocenters. The number of methoxy groups -OCH3 is 1. The Hall–Kier alpha value is -3.17. The van der Waals surface area contributed by atoms with E-state index in [9.17, 15) is 9.18 Å². The van der Waals surface area contributed by atoms with Crippen molar-refractivity contribution in [1.29, 1.82) is 0 Å². The van der Waals surface area contributed by atoms with E-state index in [0.29, 0.717) is 41.4 Å². The molecule has 2 saturated heterocycles. The molecule has 2 aliphatic rings. The number of fused-ring (bicyclic) bond motifs is 1. The highest BCUT2D eigenvalue weighted by atomic mass is 35.5. The summed E-state index contributed by atoms with van der Waals surface area (Å²) in [6.45, 7) is 3.57. The fourth-order valence-corrected chi connectivity index (χ4v) is 5.08. The molecule has 1 atom stereocenters. The van der Waals surface area contributed by atoms with Gasteiger partial charge in [-0.3, -0.25) is 9.69 Å². The molecule has 8 nitrogen and oxygen atoms in total. The van der Waals surface area contributed by atoms with Gasteiger partial charge in [-0.15, -0.1) is 0 Å². The van der Waals surface area contributed by atoms with E-state index < -0.39 is 5.82 Å². The van der Waals surface area contributed by atoms with E-state index in [2.05, 4.69) is 20.2 Å². The highest BCUT2D eigenvalue weighted by Crippen LogP contribution is 2.36. The van der Waals surface area contributed by atoms with Gasteiger partial charge >= 0.3 is 0 Å². The van der Waals surface area contributed by atoms with E-state index in [1.54, 1.807) is 31.4 Å². The van der Waals surface area contributed by atoms with Crippen LogP contribution in [0.2, 0.25) is 5.02 Å². The van der Waals surface area contributed by atoms with Crippen LogP contribution in [0.5, 0.6) is 11.5 Å². The molecule has 1 amide bonds. The average molecular weight is 514 g/mol. The molecule has 2 aliphatic heterocycles. The third-order valence-corrected chi connectivity index (χ3v) is 7.10. The lowest BCUT2D eigenvalue weighted by molar-refractivity contribution is -0.133. The molecule has 3 heterocycles. The van der Waals surface area contributed by atoms with Gasteiger partial charge in [-0.2, -0.15) is 0 Å². The lowest BCUT2D eigenvalue weighted by atomic mass is 10.2. The third-order valence-electron chi connectivity index (χ3n) is 6.81. The van der Waals surface area contributed by atoms with Crippen LogP contribution in [0.3, 0.4) is 0 Å². The van der Waals surface area contributed by atoms with Crippen LogP contribution in [0, 0.1) is 5.82 Å². The number of nitrogens with zero attached hydrogens (tertiary/aromatic N) is 4. The van der Waals surface area contributed by atoms with Crippen molar-refractivity contribution in [3.8, 4) is 11.5 Å². The minimum absolute atomic E-state index is 0.00526. The van der Waals surface area contributed by atoms with Gasteiger partial charge in [0.05, 0.1) is 35.9 Å². The number of carbonyl (C=O) groups excluding carboxylic acids is 1. The summed E-state index contributed by atoms with van der Waals surface area (Å²) < 4.78 is 26.3. The molecule has 1 N–H and O–H groups in total. The van der Waals surface area contributed by atoms with E-state index in [1.807, 2.05) is 4.90 Å². The fourth-order valence-electron chi connectivity index (χ4n) is 4.91. The summed E-state index contributed by atoms with van der Waals surface area (Å²) in [5, 5.41) is 3.67. The first-order chi connectivity index (χ1) is 17.5. The van der Waals surface area contributed by atoms with E-state index >= 15 is 0 Å². The molecule has 2 aromatic carbocycles. The highest BCUT2D eigenvalue weighted by Gasteiger charge is 2.31. The SMILES string of the molecule is COc1cc2ncnc(Nc3cccc(Cl)c3F)c2cc1OC[C@@H]1CCCN1C(=O)CN1CCCC1. The number of hydrogen-bond donors (Lipinski definition) is 1. The number of hydrogen-bond acceptors (Lipinski definition) is 7. The number of nitrogens with one attached hydrogen (secondary N) is 1. The van der Waals surface area contributed by atoms with Gasteiger partial charge in [0, 0.05) is 18.0 Å². The maximum Gasteiger partial charge on any atom is 0.237 e. The zero-order valence-electron chi connectivity index (χ0n) is 20.2. The van der Waals surface area contributed by atoms with Crippen LogP contribution < -0.4 is 14.8 Å². The predicted molar refractivity (Wildman–Crippen MR) is 137 cm³/mol. The zero-order chi connectivity index (χ0) is 25.1. The molecular weight excluding hydrogens is 485 g/mol. The van der Waals surface area contributed by atoms with Crippen molar-refractivity contribution in [2.24, 2.45) is 0 Å². The van der Waals surface area contributed by atoms with Crippen LogP contribution in [0.4, 0.5) is 15.9 Å². The summed E-state index contributed by atoms with van der Waals surface area (Å²) in [4.78, 5) is 25.7. The molecule has 1 aromatic heterocycles. The van der Waals surface area contributed by atoms with Crippen molar-refractivity contribution in [1.82, 2.24) is 19.8 Å². The Morgan fingerprint density at radius 1 is 1.17 bits per heavy atom. The summed E-state index contributed by atoms with van der Waals surface area (Å²) in [5.41, 5.74) is 0.821. The smallest absolute Gasteiger partial charge is 0.237 e. The molecule has 5 rings (SSSR count). The number of likely N-dealkylation sites (tertiary alicyclic amines) is 2. The van der Waals surface area contributed by atoms with Crippen molar-refractivity contribution in [2.75, 3.05) is 45.2 Å². The average Bonchev–Trinajstić information content (AvgIpc) is 3.57. The van der Waals surface area contributed by atoms with Gasteiger partial charge in [0.1, 0.15) is 18.8 Å². The molecule has 0 saturated carbocycles. The Morgan fingerprint density at radius 2 is 2.00 bits per heavy atom. The van der Waals surface area contributed by atoms with Crippen LogP contribution in [0.15, 0.2) is 36.7 Å². The Balaban J connectivity index is 1.35. The van der Waals surface area contributed by atoms with Gasteiger partial charge in [-0.1, -0.05) is 17.7 Å². The van der Waals surface area contributed by atoms with Crippen LogP contribution in [0.1, 0.15) is 25.7 Å². The van der Waals surface area contributed by atoms with Gasteiger partial charge in [-0.05, 0) is 57.0 Å². The van der Waals surface area contributed by atoms with E-state index in [4.69, 9.17) is 21.1 Å². The first-order valence-electron chi connectivity index (χ1n) is 12.2. The number of aromatic nitrogens is 2. The van der Waals surface area contributed by atoms with Gasteiger partial charge in [0.2, 0.25) is 5.91 Å². The van der Waals surface area contributed by atoms with Gasteiger partial charge in [0.15, 0.2) is 17.3 Å².